The third-order valence-electron chi connectivity index (χ3n) is 3.84. The summed E-state index contributed by atoms with van der Waals surface area (Å²) in [4.78, 5) is 1.02. The fraction of sp³-hybridized carbons (Fsp3) is 0.571. The second-order valence-corrected chi connectivity index (χ2v) is 5.84. The van der Waals surface area contributed by atoms with E-state index in [0.717, 1.165) is 4.90 Å². The van der Waals surface area contributed by atoms with Crippen LogP contribution in [0.25, 0.3) is 0 Å². The average Bonchev–Trinajstić information content (AvgIpc) is 2.51. The molecule has 1 heterocycles. The van der Waals surface area contributed by atoms with E-state index in [2.05, 4.69) is 5.32 Å². The quantitative estimate of drug-likeness (QED) is 0.793. The molecule has 2 N–H and O–H groups in total. The van der Waals surface area contributed by atoms with Gasteiger partial charge in [-0.3, -0.25) is 4.90 Å². The number of rotatable bonds is 4. The van der Waals surface area contributed by atoms with Crippen molar-refractivity contribution in [2.45, 2.75) is 18.1 Å². The Bertz CT molecular complexity index is 589. The van der Waals surface area contributed by atoms with Crippen LogP contribution in [0.15, 0.2) is 12.1 Å². The van der Waals surface area contributed by atoms with Gasteiger partial charge in [-0.15, -0.1) is 0 Å². The fourth-order valence-corrected chi connectivity index (χ4v) is 2.93. The zero-order chi connectivity index (χ0) is 18.1. The molecule has 0 spiro atoms. The maximum absolute atomic E-state index is 14.4. The van der Waals surface area contributed by atoms with Crippen molar-refractivity contribution < 1.29 is 31.4 Å². The topological polar surface area (TPSA) is 35.5 Å². The van der Waals surface area contributed by atoms with Crippen LogP contribution in [0.1, 0.15) is 17.2 Å². The summed E-state index contributed by atoms with van der Waals surface area (Å²) < 4.78 is 82.6. The maximum Gasteiger partial charge on any atom is 0.416 e. The van der Waals surface area contributed by atoms with Gasteiger partial charge in [0.15, 0.2) is 0 Å². The number of halogens is 7. The lowest BCUT2D eigenvalue weighted by molar-refractivity contribution is -0.145. The molecule has 136 valence electrons. The van der Waals surface area contributed by atoms with Gasteiger partial charge in [0, 0.05) is 31.7 Å². The molecule has 10 heteroatoms. The summed E-state index contributed by atoms with van der Waals surface area (Å²) >= 11 is 5.53. The highest BCUT2D eigenvalue weighted by molar-refractivity contribution is 6.30. The monoisotopic (exact) mass is 376 g/mol. The van der Waals surface area contributed by atoms with Gasteiger partial charge in [-0.05, 0) is 12.1 Å². The highest BCUT2D eigenvalue weighted by atomic mass is 35.5. The minimum Gasteiger partial charge on any atom is -0.390 e. The second kappa shape index (κ2) is 7.07. The molecule has 0 aromatic heterocycles. The van der Waals surface area contributed by atoms with Crippen molar-refractivity contribution in [1.82, 2.24) is 10.2 Å². The van der Waals surface area contributed by atoms with Gasteiger partial charge in [0.1, 0.15) is 18.5 Å². The normalized spacial score (nSPS) is 18.7. The van der Waals surface area contributed by atoms with E-state index in [1.165, 1.54) is 0 Å². The number of aliphatic hydroxyl groups excluding tert-OH is 1. The van der Waals surface area contributed by atoms with Gasteiger partial charge < -0.3 is 10.4 Å². The molecular weight excluding hydrogens is 362 g/mol. The van der Waals surface area contributed by atoms with Gasteiger partial charge in [-0.25, -0.2) is 13.2 Å². The van der Waals surface area contributed by atoms with E-state index in [9.17, 15) is 26.3 Å². The van der Waals surface area contributed by atoms with Gasteiger partial charge in [0.05, 0.1) is 10.6 Å². The third kappa shape index (κ3) is 3.79. The van der Waals surface area contributed by atoms with Gasteiger partial charge in [0.25, 0.3) is 5.92 Å². The lowest BCUT2D eigenvalue weighted by Crippen LogP contribution is -2.51. The Morgan fingerprint density at radius 2 is 1.75 bits per heavy atom. The van der Waals surface area contributed by atoms with Crippen LogP contribution in [-0.2, 0) is 6.18 Å². The maximum atomic E-state index is 14.4. The standard InChI is InChI=1S/C14H15ClF6N2O/c15-9-2-1-8(14(19,20)21)10(11(9)16)12(13(17,18)7-24)23-5-3-22-4-6-23/h1-2,12,22,24H,3-7H2/t12-/m0/s1. The number of aliphatic hydroxyl groups is 1. The molecule has 2 rings (SSSR count). The number of piperazine rings is 1. The first kappa shape index (κ1) is 19.3. The van der Waals surface area contributed by atoms with Crippen LogP contribution in [-0.4, -0.2) is 48.7 Å². The van der Waals surface area contributed by atoms with Crippen molar-refractivity contribution in [1.29, 1.82) is 0 Å². The molecule has 3 nitrogen and oxygen atoms in total. The molecule has 1 aromatic carbocycles. The van der Waals surface area contributed by atoms with E-state index in [-0.39, 0.29) is 26.2 Å². The van der Waals surface area contributed by atoms with Crippen molar-refractivity contribution in [3.05, 3.63) is 34.1 Å². The van der Waals surface area contributed by atoms with Crippen LogP contribution in [0.2, 0.25) is 5.02 Å². The van der Waals surface area contributed by atoms with Crippen LogP contribution >= 0.6 is 11.6 Å². The Kier molecular flexibility index (Phi) is 5.68. The van der Waals surface area contributed by atoms with Crippen LogP contribution in [0, 0.1) is 5.82 Å². The average molecular weight is 377 g/mol. The zero-order valence-corrected chi connectivity index (χ0v) is 13.1. The Balaban J connectivity index is 2.67. The Hall–Kier alpha value is -1.03. The minimum absolute atomic E-state index is 0.0243. The van der Waals surface area contributed by atoms with Crippen molar-refractivity contribution >= 4 is 11.6 Å². The van der Waals surface area contributed by atoms with E-state index in [1.807, 2.05) is 0 Å². The molecular formula is C14H15ClF6N2O. The highest BCUT2D eigenvalue weighted by Crippen LogP contribution is 2.45. The molecule has 1 aliphatic rings. The zero-order valence-electron chi connectivity index (χ0n) is 12.3. The number of hydrogen-bond acceptors (Lipinski definition) is 3. The number of benzene rings is 1. The summed E-state index contributed by atoms with van der Waals surface area (Å²) in [7, 11) is 0. The lowest BCUT2D eigenvalue weighted by Gasteiger charge is -2.39. The SMILES string of the molecule is OCC(F)(F)[C@H](c1c(C(F)(F)F)ccc(Cl)c1F)N1CCNCC1. The van der Waals surface area contributed by atoms with Crippen molar-refractivity contribution in [2.24, 2.45) is 0 Å². The molecule has 0 bridgehead atoms. The van der Waals surface area contributed by atoms with Crippen molar-refractivity contribution in [2.75, 3.05) is 32.8 Å². The molecule has 1 saturated heterocycles. The van der Waals surface area contributed by atoms with Crippen molar-refractivity contribution in [3.8, 4) is 0 Å². The molecule has 1 fully saturated rings. The molecule has 0 aliphatic carbocycles. The summed E-state index contributed by atoms with van der Waals surface area (Å²) in [5.74, 6) is -5.54. The number of hydrogen-bond donors (Lipinski definition) is 2. The van der Waals surface area contributed by atoms with E-state index in [0.29, 0.717) is 12.1 Å². The van der Waals surface area contributed by atoms with E-state index >= 15 is 0 Å². The first-order valence-corrected chi connectivity index (χ1v) is 7.46. The molecule has 1 atom stereocenters. The second-order valence-electron chi connectivity index (χ2n) is 5.43. The van der Waals surface area contributed by atoms with Gasteiger partial charge in [-0.2, -0.15) is 13.2 Å². The minimum atomic E-state index is -5.04. The number of nitrogens with zero attached hydrogens (tertiary/aromatic N) is 1. The molecule has 0 amide bonds. The number of nitrogens with one attached hydrogen (secondary N) is 1. The predicted octanol–water partition coefficient (Wildman–Crippen LogP) is 3.07. The fourth-order valence-electron chi connectivity index (χ4n) is 2.77. The molecule has 0 unspecified atom stereocenters. The summed E-state index contributed by atoms with van der Waals surface area (Å²) in [6, 6.07) is -1.13. The first-order chi connectivity index (χ1) is 11.1. The summed E-state index contributed by atoms with van der Waals surface area (Å²) in [6.45, 7) is -1.26. The van der Waals surface area contributed by atoms with Crippen LogP contribution in [0.4, 0.5) is 26.3 Å². The summed E-state index contributed by atoms with van der Waals surface area (Å²) in [5.41, 5.74) is -2.77. The first-order valence-electron chi connectivity index (χ1n) is 7.08. The van der Waals surface area contributed by atoms with E-state index in [1.54, 1.807) is 0 Å². The van der Waals surface area contributed by atoms with Gasteiger partial charge >= 0.3 is 6.18 Å². The van der Waals surface area contributed by atoms with Crippen LogP contribution in [0.3, 0.4) is 0 Å². The smallest absolute Gasteiger partial charge is 0.390 e. The predicted molar refractivity (Wildman–Crippen MR) is 75.6 cm³/mol. The molecule has 24 heavy (non-hydrogen) atoms. The Morgan fingerprint density at radius 1 is 1.17 bits per heavy atom. The van der Waals surface area contributed by atoms with Gasteiger partial charge in [-0.1, -0.05) is 11.6 Å². The van der Waals surface area contributed by atoms with E-state index in [4.69, 9.17) is 16.7 Å². The molecule has 0 radical (unpaired) electrons. The largest absolute Gasteiger partial charge is 0.416 e. The lowest BCUT2D eigenvalue weighted by atomic mass is 9.92. The molecule has 0 saturated carbocycles. The summed E-state index contributed by atoms with van der Waals surface area (Å²) in [6.07, 6.45) is -5.04. The highest BCUT2D eigenvalue weighted by Gasteiger charge is 2.49. The Morgan fingerprint density at radius 3 is 2.25 bits per heavy atom. The number of alkyl halides is 5. The third-order valence-corrected chi connectivity index (χ3v) is 4.13. The van der Waals surface area contributed by atoms with E-state index < -0.39 is 46.7 Å². The van der Waals surface area contributed by atoms with Crippen molar-refractivity contribution in [3.63, 3.8) is 0 Å². The van der Waals surface area contributed by atoms with Gasteiger partial charge in [0.2, 0.25) is 0 Å². The summed E-state index contributed by atoms with van der Waals surface area (Å²) in [5, 5.41) is 11.2. The van der Waals surface area contributed by atoms with Crippen LogP contribution in [0.5, 0.6) is 0 Å². The van der Waals surface area contributed by atoms with Crippen LogP contribution < -0.4 is 5.32 Å². The molecule has 1 aliphatic heterocycles. The Labute approximate surface area is 139 Å². The molecule has 1 aromatic rings.